The zero-order valence-corrected chi connectivity index (χ0v) is 16.7. The first-order chi connectivity index (χ1) is 12.9. The van der Waals surface area contributed by atoms with Crippen LogP contribution in [0.2, 0.25) is 0 Å². The van der Waals surface area contributed by atoms with Gasteiger partial charge in [0.05, 0.1) is 12.2 Å². The molecule has 0 aliphatic carbocycles. The van der Waals surface area contributed by atoms with Crippen LogP contribution in [0.4, 0.5) is 0 Å². The number of benzene rings is 1. The molecule has 1 unspecified atom stereocenters. The van der Waals surface area contributed by atoms with E-state index < -0.39 is 6.10 Å². The Morgan fingerprint density at radius 1 is 1.22 bits per heavy atom. The second kappa shape index (κ2) is 9.91. The zero-order chi connectivity index (χ0) is 19.8. The molecule has 8 nitrogen and oxygen atoms in total. The van der Waals surface area contributed by atoms with Crippen LogP contribution < -0.4 is 15.4 Å². The number of aliphatic hydroxyl groups excluding tert-OH is 1. The molecule has 1 aromatic heterocycles. The second-order valence-corrected chi connectivity index (χ2v) is 6.55. The van der Waals surface area contributed by atoms with Crippen molar-refractivity contribution in [2.75, 3.05) is 13.1 Å². The van der Waals surface area contributed by atoms with Crippen LogP contribution in [0, 0.1) is 6.92 Å². The number of aliphatic hydroxyl groups is 1. The molecule has 0 aliphatic heterocycles. The van der Waals surface area contributed by atoms with Gasteiger partial charge in [-0.2, -0.15) is 0 Å². The van der Waals surface area contributed by atoms with E-state index in [4.69, 9.17) is 4.74 Å². The van der Waals surface area contributed by atoms with Gasteiger partial charge in [-0.15, -0.1) is 10.2 Å². The van der Waals surface area contributed by atoms with E-state index >= 15 is 0 Å². The highest BCUT2D eigenvalue weighted by Crippen LogP contribution is 2.18. The third kappa shape index (κ3) is 6.25. The molecular formula is C19H30N6O2. The minimum Gasteiger partial charge on any atom is -0.491 e. The maximum Gasteiger partial charge on any atom is 0.191 e. The Morgan fingerprint density at radius 2 is 1.93 bits per heavy atom. The third-order valence-electron chi connectivity index (χ3n) is 4.01. The molecule has 0 spiro atoms. The summed E-state index contributed by atoms with van der Waals surface area (Å²) in [6.45, 7) is 9.33. The summed E-state index contributed by atoms with van der Waals surface area (Å²) in [5.74, 6) is 3.05. The fraction of sp³-hybridized carbons (Fsp3) is 0.526. The van der Waals surface area contributed by atoms with Crippen LogP contribution in [0.1, 0.15) is 44.1 Å². The number of hydrogen-bond acceptors (Lipinski definition) is 5. The highest BCUT2D eigenvalue weighted by atomic mass is 16.5. The van der Waals surface area contributed by atoms with Gasteiger partial charge in [0.2, 0.25) is 0 Å². The number of nitrogens with zero attached hydrogens (tertiary/aromatic N) is 4. The number of nitrogens with one attached hydrogen (secondary N) is 2. The Kier molecular flexibility index (Phi) is 7.60. The lowest BCUT2D eigenvalue weighted by atomic mass is 10.1. The van der Waals surface area contributed by atoms with Crippen LogP contribution in [0.3, 0.4) is 0 Å². The summed E-state index contributed by atoms with van der Waals surface area (Å²) in [5, 5.41) is 24.9. The van der Waals surface area contributed by atoms with Gasteiger partial charge >= 0.3 is 0 Å². The van der Waals surface area contributed by atoms with Crippen molar-refractivity contribution in [3.63, 3.8) is 0 Å². The summed E-state index contributed by atoms with van der Waals surface area (Å²) in [6, 6.07) is 7.48. The van der Waals surface area contributed by atoms with E-state index in [-0.39, 0.29) is 6.10 Å². The number of aromatic nitrogens is 3. The van der Waals surface area contributed by atoms with Crippen molar-refractivity contribution >= 4 is 5.96 Å². The molecule has 0 bridgehead atoms. The van der Waals surface area contributed by atoms with Crippen molar-refractivity contribution < 1.29 is 9.84 Å². The Morgan fingerprint density at radius 3 is 2.48 bits per heavy atom. The molecule has 0 radical (unpaired) electrons. The summed E-state index contributed by atoms with van der Waals surface area (Å²) in [7, 11) is 1.91. The summed E-state index contributed by atoms with van der Waals surface area (Å²) in [6.07, 6.45) is -0.530. The minimum absolute atomic E-state index is 0.124. The highest BCUT2D eigenvalue weighted by molar-refractivity contribution is 5.79. The summed E-state index contributed by atoms with van der Waals surface area (Å²) >= 11 is 0. The van der Waals surface area contributed by atoms with Gasteiger partial charge in [-0.05, 0) is 45.4 Å². The molecular weight excluding hydrogens is 344 g/mol. The quantitative estimate of drug-likeness (QED) is 0.481. The van der Waals surface area contributed by atoms with E-state index in [0.29, 0.717) is 19.0 Å². The van der Waals surface area contributed by atoms with Gasteiger partial charge in [-0.25, -0.2) is 4.99 Å². The Hall–Kier alpha value is -2.61. The Balaban J connectivity index is 1.94. The van der Waals surface area contributed by atoms with Crippen molar-refractivity contribution in [1.82, 2.24) is 25.4 Å². The lowest BCUT2D eigenvalue weighted by molar-refractivity contribution is 0.180. The van der Waals surface area contributed by atoms with Crippen LogP contribution in [0.15, 0.2) is 29.3 Å². The van der Waals surface area contributed by atoms with Crippen LogP contribution >= 0.6 is 0 Å². The van der Waals surface area contributed by atoms with Gasteiger partial charge in [-0.1, -0.05) is 12.1 Å². The van der Waals surface area contributed by atoms with E-state index in [2.05, 4.69) is 25.8 Å². The van der Waals surface area contributed by atoms with Gasteiger partial charge in [0, 0.05) is 20.1 Å². The number of aliphatic imine (C=N–C) groups is 1. The Labute approximate surface area is 160 Å². The molecule has 1 aromatic carbocycles. The van der Waals surface area contributed by atoms with Crippen LogP contribution in [0.25, 0.3) is 0 Å². The van der Waals surface area contributed by atoms with E-state index in [0.717, 1.165) is 29.5 Å². The molecule has 2 rings (SSSR count). The summed E-state index contributed by atoms with van der Waals surface area (Å²) in [4.78, 5) is 4.51. The van der Waals surface area contributed by atoms with Gasteiger partial charge in [0.15, 0.2) is 11.8 Å². The lowest BCUT2D eigenvalue weighted by Crippen LogP contribution is -2.39. The van der Waals surface area contributed by atoms with E-state index in [1.165, 1.54) is 0 Å². The number of ether oxygens (including phenoxy) is 1. The maximum absolute atomic E-state index is 10.4. The van der Waals surface area contributed by atoms with Crippen molar-refractivity contribution in [3.8, 4) is 5.75 Å². The average molecular weight is 374 g/mol. The fourth-order valence-electron chi connectivity index (χ4n) is 2.43. The van der Waals surface area contributed by atoms with Gasteiger partial charge in [0.1, 0.15) is 18.1 Å². The normalized spacial score (nSPS) is 12.9. The van der Waals surface area contributed by atoms with Crippen molar-refractivity contribution in [3.05, 3.63) is 41.5 Å². The Bertz CT molecular complexity index is 739. The van der Waals surface area contributed by atoms with Crippen LogP contribution in [-0.2, 0) is 13.6 Å². The molecule has 8 heteroatoms. The van der Waals surface area contributed by atoms with Crippen molar-refractivity contribution in [1.29, 1.82) is 0 Å². The number of aryl methyl sites for hydroxylation is 1. The van der Waals surface area contributed by atoms with Crippen molar-refractivity contribution in [2.24, 2.45) is 12.0 Å². The van der Waals surface area contributed by atoms with E-state index in [1.54, 1.807) is 0 Å². The summed E-state index contributed by atoms with van der Waals surface area (Å²) in [5.41, 5.74) is 0.818. The SMILES string of the molecule is CCNC(=NCc1nnc(C)n1C)NCC(O)c1ccc(OC(C)C)cc1. The maximum atomic E-state index is 10.4. The molecule has 27 heavy (non-hydrogen) atoms. The highest BCUT2D eigenvalue weighted by Gasteiger charge is 2.10. The van der Waals surface area contributed by atoms with Gasteiger partial charge in [0.25, 0.3) is 0 Å². The molecule has 0 aliphatic rings. The fourth-order valence-corrected chi connectivity index (χ4v) is 2.43. The molecule has 0 saturated carbocycles. The van der Waals surface area contributed by atoms with Gasteiger partial charge < -0.3 is 25.0 Å². The lowest BCUT2D eigenvalue weighted by Gasteiger charge is -2.16. The number of rotatable bonds is 8. The standard InChI is InChI=1S/C19H30N6O2/c1-6-20-19(22-12-18-24-23-14(4)25(18)5)21-11-17(26)15-7-9-16(10-8-15)27-13(2)3/h7-10,13,17,26H,6,11-12H2,1-5H3,(H2,20,21,22). The molecule has 0 fully saturated rings. The first kappa shape index (κ1) is 20.7. The molecule has 1 heterocycles. The molecule has 2 aromatic rings. The molecule has 1 atom stereocenters. The topological polar surface area (TPSA) is 96.6 Å². The molecule has 0 saturated heterocycles. The monoisotopic (exact) mass is 374 g/mol. The summed E-state index contributed by atoms with van der Waals surface area (Å²) < 4.78 is 7.53. The second-order valence-electron chi connectivity index (χ2n) is 6.55. The third-order valence-corrected chi connectivity index (χ3v) is 4.01. The molecule has 3 N–H and O–H groups in total. The smallest absolute Gasteiger partial charge is 0.191 e. The van der Waals surface area contributed by atoms with Gasteiger partial charge in [-0.3, -0.25) is 0 Å². The zero-order valence-electron chi connectivity index (χ0n) is 16.7. The minimum atomic E-state index is -0.654. The average Bonchev–Trinajstić information content (AvgIpc) is 2.96. The largest absolute Gasteiger partial charge is 0.491 e. The molecule has 148 valence electrons. The number of hydrogen-bond donors (Lipinski definition) is 3. The predicted octanol–water partition coefficient (Wildman–Crippen LogP) is 1.70. The van der Waals surface area contributed by atoms with Crippen molar-refractivity contribution in [2.45, 2.75) is 46.4 Å². The van der Waals surface area contributed by atoms with E-state index in [1.807, 2.05) is 63.6 Å². The predicted molar refractivity (Wildman–Crippen MR) is 106 cm³/mol. The van der Waals surface area contributed by atoms with Crippen LogP contribution in [-0.4, -0.2) is 45.0 Å². The van der Waals surface area contributed by atoms with Crippen LogP contribution in [0.5, 0.6) is 5.75 Å². The van der Waals surface area contributed by atoms with E-state index in [9.17, 15) is 5.11 Å². The molecule has 0 amide bonds. The number of guanidine groups is 1. The first-order valence-corrected chi connectivity index (χ1v) is 9.22. The first-order valence-electron chi connectivity index (χ1n) is 9.22.